The van der Waals surface area contributed by atoms with E-state index in [-0.39, 0.29) is 23.7 Å². The first-order chi connectivity index (χ1) is 6.51. The molecular weight excluding hydrogens is 178 g/mol. The fourth-order valence-electron chi connectivity index (χ4n) is 3.50. The Morgan fingerprint density at radius 1 is 1.14 bits per heavy atom. The van der Waals surface area contributed by atoms with Gasteiger partial charge in [0, 0.05) is 0 Å². The summed E-state index contributed by atoms with van der Waals surface area (Å²) in [5, 5.41) is 2.48. The lowest BCUT2D eigenvalue weighted by molar-refractivity contribution is -0.133. The standard InChI is InChI=1S/C11H13NO2/c1-10-6-3-4-7(5-6)11(10,2)9(14)12-8(10)13/h3-4,6-7H,5H2,1-2H3,(H,12,13,14). The van der Waals surface area contributed by atoms with Crippen molar-refractivity contribution in [3.05, 3.63) is 12.2 Å². The third kappa shape index (κ3) is 0.527. The van der Waals surface area contributed by atoms with E-state index in [9.17, 15) is 9.59 Å². The van der Waals surface area contributed by atoms with Gasteiger partial charge >= 0.3 is 0 Å². The number of carbonyl (C=O) groups excluding carboxylic acids is 2. The molecule has 0 aromatic carbocycles. The molecule has 1 aliphatic heterocycles. The van der Waals surface area contributed by atoms with Gasteiger partial charge in [0.15, 0.2) is 0 Å². The number of nitrogens with one attached hydrogen (secondary N) is 1. The molecule has 3 rings (SSSR count). The summed E-state index contributed by atoms with van der Waals surface area (Å²) in [4.78, 5) is 23.6. The Kier molecular flexibility index (Phi) is 1.14. The van der Waals surface area contributed by atoms with Crippen LogP contribution in [0.1, 0.15) is 20.3 Å². The number of allylic oxidation sites excluding steroid dienone is 2. The van der Waals surface area contributed by atoms with Crippen LogP contribution >= 0.6 is 0 Å². The molecule has 3 nitrogen and oxygen atoms in total. The maximum absolute atomic E-state index is 11.8. The van der Waals surface area contributed by atoms with Gasteiger partial charge in [0.25, 0.3) is 0 Å². The van der Waals surface area contributed by atoms with E-state index in [2.05, 4.69) is 17.5 Å². The second-order valence-electron chi connectivity index (χ2n) is 5.02. The molecule has 74 valence electrons. The molecule has 1 heterocycles. The number of imide groups is 1. The average molecular weight is 191 g/mol. The Bertz CT molecular complexity index is 353. The normalized spacial score (nSPS) is 53.9. The molecular formula is C11H13NO2. The fourth-order valence-corrected chi connectivity index (χ4v) is 3.50. The van der Waals surface area contributed by atoms with E-state index >= 15 is 0 Å². The summed E-state index contributed by atoms with van der Waals surface area (Å²) in [7, 11) is 0. The summed E-state index contributed by atoms with van der Waals surface area (Å²) in [5.41, 5.74) is -0.993. The van der Waals surface area contributed by atoms with E-state index in [1.54, 1.807) is 0 Å². The average Bonchev–Trinajstić information content (AvgIpc) is 2.73. The van der Waals surface area contributed by atoms with Crippen molar-refractivity contribution in [1.82, 2.24) is 5.32 Å². The van der Waals surface area contributed by atoms with Crippen LogP contribution in [0.15, 0.2) is 12.2 Å². The Morgan fingerprint density at radius 3 is 2.00 bits per heavy atom. The Morgan fingerprint density at radius 2 is 1.57 bits per heavy atom. The van der Waals surface area contributed by atoms with Gasteiger partial charge < -0.3 is 0 Å². The second-order valence-corrected chi connectivity index (χ2v) is 5.02. The SMILES string of the molecule is CC12C(=O)NC(=O)C1(C)C1C=CC2C1. The molecule has 2 bridgehead atoms. The molecule has 2 aliphatic carbocycles. The highest BCUT2D eigenvalue weighted by molar-refractivity contribution is 6.10. The van der Waals surface area contributed by atoms with Crippen LogP contribution in [0.4, 0.5) is 0 Å². The quantitative estimate of drug-likeness (QED) is 0.456. The lowest BCUT2D eigenvalue weighted by atomic mass is 9.61. The molecule has 0 radical (unpaired) electrons. The van der Waals surface area contributed by atoms with E-state index in [1.165, 1.54) is 0 Å². The maximum atomic E-state index is 11.8. The van der Waals surface area contributed by atoms with E-state index in [1.807, 2.05) is 13.8 Å². The molecule has 0 spiro atoms. The summed E-state index contributed by atoms with van der Waals surface area (Å²) >= 11 is 0. The first-order valence-electron chi connectivity index (χ1n) is 5.05. The van der Waals surface area contributed by atoms with Crippen molar-refractivity contribution in [2.75, 3.05) is 0 Å². The highest BCUT2D eigenvalue weighted by atomic mass is 16.2. The zero-order chi connectivity index (χ0) is 10.1. The lowest BCUT2D eigenvalue weighted by Gasteiger charge is -2.37. The Hall–Kier alpha value is -1.12. The van der Waals surface area contributed by atoms with E-state index in [0.29, 0.717) is 0 Å². The summed E-state index contributed by atoms with van der Waals surface area (Å²) in [6, 6.07) is 0. The van der Waals surface area contributed by atoms with Gasteiger partial charge in [-0.3, -0.25) is 14.9 Å². The van der Waals surface area contributed by atoms with Crippen molar-refractivity contribution >= 4 is 11.8 Å². The third-order valence-electron chi connectivity index (χ3n) is 4.82. The van der Waals surface area contributed by atoms with Crippen molar-refractivity contribution in [3.63, 3.8) is 0 Å². The van der Waals surface area contributed by atoms with Gasteiger partial charge in [-0.2, -0.15) is 0 Å². The molecule has 14 heavy (non-hydrogen) atoms. The van der Waals surface area contributed by atoms with Gasteiger partial charge in [0.1, 0.15) is 0 Å². The topological polar surface area (TPSA) is 46.2 Å². The van der Waals surface area contributed by atoms with Crippen LogP contribution < -0.4 is 5.32 Å². The number of amides is 2. The minimum atomic E-state index is -0.497. The van der Waals surface area contributed by atoms with Crippen LogP contribution in [0.2, 0.25) is 0 Å². The lowest BCUT2D eigenvalue weighted by Crippen LogP contribution is -2.43. The smallest absolute Gasteiger partial charge is 0.234 e. The summed E-state index contributed by atoms with van der Waals surface area (Å²) in [6.07, 6.45) is 5.17. The third-order valence-corrected chi connectivity index (χ3v) is 4.82. The minimum absolute atomic E-state index is 0.0816. The van der Waals surface area contributed by atoms with E-state index in [4.69, 9.17) is 0 Å². The fraction of sp³-hybridized carbons (Fsp3) is 0.636. The largest absolute Gasteiger partial charge is 0.295 e. The molecule has 1 saturated carbocycles. The Labute approximate surface area is 82.6 Å². The summed E-state index contributed by atoms with van der Waals surface area (Å²) in [5.74, 6) is 0.344. The van der Waals surface area contributed by atoms with Crippen molar-refractivity contribution in [1.29, 1.82) is 0 Å². The molecule has 4 atom stereocenters. The van der Waals surface area contributed by atoms with Gasteiger partial charge in [-0.1, -0.05) is 12.2 Å². The van der Waals surface area contributed by atoms with Crippen LogP contribution in [0, 0.1) is 22.7 Å². The number of hydrogen-bond donors (Lipinski definition) is 1. The van der Waals surface area contributed by atoms with Crippen molar-refractivity contribution in [2.45, 2.75) is 20.3 Å². The first kappa shape index (κ1) is 8.21. The van der Waals surface area contributed by atoms with Gasteiger partial charge in [-0.05, 0) is 32.1 Å². The van der Waals surface area contributed by atoms with Gasteiger partial charge in [-0.25, -0.2) is 0 Å². The predicted octanol–water partition coefficient (Wildman–Crippen LogP) is 0.861. The van der Waals surface area contributed by atoms with Crippen molar-refractivity contribution in [2.24, 2.45) is 22.7 Å². The van der Waals surface area contributed by atoms with E-state index in [0.717, 1.165) is 6.42 Å². The van der Waals surface area contributed by atoms with Crippen LogP contribution in [0.3, 0.4) is 0 Å². The number of rotatable bonds is 0. The number of hydrogen-bond acceptors (Lipinski definition) is 2. The van der Waals surface area contributed by atoms with Crippen LogP contribution in [-0.2, 0) is 9.59 Å². The maximum Gasteiger partial charge on any atom is 0.234 e. The highest BCUT2D eigenvalue weighted by Gasteiger charge is 2.71. The van der Waals surface area contributed by atoms with Crippen LogP contribution in [0.25, 0.3) is 0 Å². The molecule has 1 N–H and O–H groups in total. The summed E-state index contributed by atoms with van der Waals surface area (Å²) < 4.78 is 0. The van der Waals surface area contributed by atoms with Gasteiger partial charge in [-0.15, -0.1) is 0 Å². The van der Waals surface area contributed by atoms with Crippen LogP contribution in [0.5, 0.6) is 0 Å². The monoisotopic (exact) mass is 191 g/mol. The zero-order valence-corrected chi connectivity index (χ0v) is 8.33. The van der Waals surface area contributed by atoms with Gasteiger partial charge in [0.05, 0.1) is 10.8 Å². The highest BCUT2D eigenvalue weighted by Crippen LogP contribution is 2.65. The molecule has 0 aromatic heterocycles. The molecule has 3 aliphatic rings. The zero-order valence-electron chi connectivity index (χ0n) is 8.33. The second kappa shape index (κ2) is 1.95. The first-order valence-corrected chi connectivity index (χ1v) is 5.05. The number of fused-ring (bicyclic) bond motifs is 5. The van der Waals surface area contributed by atoms with Crippen molar-refractivity contribution in [3.8, 4) is 0 Å². The molecule has 2 fully saturated rings. The molecule has 3 heteroatoms. The summed E-state index contributed by atoms with van der Waals surface area (Å²) in [6.45, 7) is 3.86. The minimum Gasteiger partial charge on any atom is -0.295 e. The van der Waals surface area contributed by atoms with Crippen molar-refractivity contribution < 1.29 is 9.59 Å². The molecule has 0 aromatic rings. The number of carbonyl (C=O) groups is 2. The predicted molar refractivity (Wildman–Crippen MR) is 50.1 cm³/mol. The molecule has 2 amide bonds. The molecule has 4 unspecified atom stereocenters. The van der Waals surface area contributed by atoms with Crippen LogP contribution in [-0.4, -0.2) is 11.8 Å². The molecule has 1 saturated heterocycles. The van der Waals surface area contributed by atoms with Gasteiger partial charge in [0.2, 0.25) is 11.8 Å². The van der Waals surface area contributed by atoms with E-state index < -0.39 is 10.8 Å². The Balaban J connectivity index is 2.26.